The number of benzene rings is 2. The van der Waals surface area contributed by atoms with E-state index in [0.29, 0.717) is 16.7 Å². The summed E-state index contributed by atoms with van der Waals surface area (Å²) < 4.78 is 0. The number of nitrogens with zero attached hydrogens (tertiary/aromatic N) is 1. The van der Waals surface area contributed by atoms with Crippen molar-refractivity contribution in [2.75, 3.05) is 14.1 Å². The summed E-state index contributed by atoms with van der Waals surface area (Å²) in [6.07, 6.45) is 0.0950. The number of phenols is 1. The van der Waals surface area contributed by atoms with Gasteiger partial charge in [0.15, 0.2) is 11.4 Å². The fraction of sp³-hybridized carbons (Fsp3) is 0.286. The average Bonchev–Trinajstić information content (AvgIpc) is 2.86. The summed E-state index contributed by atoms with van der Waals surface area (Å²) in [7, 11) is 3.06. The Hall–Kier alpha value is -4.48. The molecule has 0 aromatic heterocycles. The summed E-state index contributed by atoms with van der Waals surface area (Å²) in [6.45, 7) is 0. The van der Waals surface area contributed by atoms with Crippen LogP contribution in [0.3, 0.4) is 0 Å². The molecule has 1 saturated carbocycles. The molecule has 0 saturated heterocycles. The summed E-state index contributed by atoms with van der Waals surface area (Å²) in [5.74, 6) is -8.25. The van der Waals surface area contributed by atoms with Gasteiger partial charge in [0.1, 0.15) is 22.8 Å². The molecule has 4 atom stereocenters. The fourth-order valence-electron chi connectivity index (χ4n) is 6.31. The normalized spacial score (nSPS) is 26.3. The number of carbonyl (C=O) groups is 4. The summed E-state index contributed by atoms with van der Waals surface area (Å²) >= 11 is 0. The maximum Gasteiger partial charge on any atom is 0.335 e. The maximum atomic E-state index is 13.9. The number of phenolic OH excluding ortho intramolecular Hbond substituents is 1. The highest BCUT2D eigenvalue weighted by molar-refractivity contribution is 6.24. The van der Waals surface area contributed by atoms with E-state index in [-0.39, 0.29) is 35.3 Å². The molecule has 7 N–H and O–H groups in total. The smallest absolute Gasteiger partial charge is 0.335 e. The number of aromatic hydroxyl groups is 1. The molecule has 0 aliphatic heterocycles. The molecule has 3 aliphatic rings. The zero-order valence-corrected chi connectivity index (χ0v) is 21.0. The van der Waals surface area contributed by atoms with Gasteiger partial charge in [0, 0.05) is 11.5 Å². The predicted molar refractivity (Wildman–Crippen MR) is 137 cm³/mol. The number of rotatable bonds is 4. The van der Waals surface area contributed by atoms with Gasteiger partial charge in [-0.2, -0.15) is 0 Å². The van der Waals surface area contributed by atoms with Crippen molar-refractivity contribution < 1.29 is 44.7 Å². The largest absolute Gasteiger partial charge is 0.508 e. The lowest BCUT2D eigenvalue weighted by Crippen LogP contribution is -2.65. The third kappa shape index (κ3) is 3.57. The van der Waals surface area contributed by atoms with Crippen LogP contribution in [0.1, 0.15) is 27.9 Å². The molecule has 0 heterocycles. The van der Waals surface area contributed by atoms with Crippen molar-refractivity contribution in [3.63, 3.8) is 0 Å². The van der Waals surface area contributed by atoms with E-state index in [1.54, 1.807) is 18.2 Å². The Kier molecular flexibility index (Phi) is 5.89. The number of likely N-dealkylation sites (N-methyl/N-ethyl adjacent to an activating group) is 1. The zero-order chi connectivity index (χ0) is 28.5. The predicted octanol–water partition coefficient (Wildman–Crippen LogP) is 1.33. The number of primary amides is 1. The lowest BCUT2D eigenvalue weighted by molar-refractivity contribution is -0.153. The average molecular weight is 535 g/mol. The van der Waals surface area contributed by atoms with Crippen molar-refractivity contribution in [3.8, 4) is 16.9 Å². The summed E-state index contributed by atoms with van der Waals surface area (Å²) in [6, 6.07) is 7.79. The van der Waals surface area contributed by atoms with E-state index in [1.165, 1.54) is 37.2 Å². The molecule has 3 aliphatic carbocycles. The van der Waals surface area contributed by atoms with Crippen LogP contribution in [0.4, 0.5) is 0 Å². The quantitative estimate of drug-likeness (QED) is 0.311. The molecule has 0 bridgehead atoms. The van der Waals surface area contributed by atoms with Gasteiger partial charge in [-0.15, -0.1) is 0 Å². The van der Waals surface area contributed by atoms with E-state index < -0.39 is 64.0 Å². The zero-order valence-electron chi connectivity index (χ0n) is 21.0. The molecular formula is C28H26N2O9. The van der Waals surface area contributed by atoms with Crippen LogP contribution in [0, 0.1) is 11.8 Å². The van der Waals surface area contributed by atoms with Crippen LogP contribution < -0.4 is 5.73 Å². The molecule has 39 heavy (non-hydrogen) atoms. The molecular weight excluding hydrogens is 508 g/mol. The van der Waals surface area contributed by atoms with Gasteiger partial charge in [0.25, 0.3) is 5.91 Å². The lowest BCUT2D eigenvalue weighted by Gasteiger charge is -2.50. The van der Waals surface area contributed by atoms with Crippen molar-refractivity contribution >= 4 is 29.2 Å². The molecule has 0 radical (unpaired) electrons. The monoisotopic (exact) mass is 534 g/mol. The van der Waals surface area contributed by atoms with Crippen molar-refractivity contribution in [1.29, 1.82) is 0 Å². The number of carboxylic acid groups (broad SMARTS) is 1. The van der Waals surface area contributed by atoms with Gasteiger partial charge in [0.05, 0.1) is 17.2 Å². The topological polar surface area (TPSA) is 199 Å². The van der Waals surface area contributed by atoms with Gasteiger partial charge < -0.3 is 31.3 Å². The summed E-state index contributed by atoms with van der Waals surface area (Å²) in [5.41, 5.74) is 3.24. The van der Waals surface area contributed by atoms with Crippen molar-refractivity contribution in [2.24, 2.45) is 17.6 Å². The number of aromatic carboxylic acids is 1. The number of amides is 1. The number of Topliss-reactive ketones (excluding diaryl/α,β-unsaturated/α-hetero) is 2. The molecule has 2 aromatic carbocycles. The number of carbonyl (C=O) groups excluding carboxylic acids is 3. The van der Waals surface area contributed by atoms with Crippen LogP contribution in [0.25, 0.3) is 16.9 Å². The molecule has 11 heteroatoms. The van der Waals surface area contributed by atoms with Gasteiger partial charge in [0.2, 0.25) is 5.78 Å². The number of hydrogen-bond acceptors (Lipinski definition) is 9. The second-order valence-corrected chi connectivity index (χ2v) is 10.3. The minimum absolute atomic E-state index is 0.0290. The Bertz CT molecular complexity index is 1540. The number of aliphatic hydroxyl groups excluding tert-OH is 2. The van der Waals surface area contributed by atoms with Crippen LogP contribution >= 0.6 is 0 Å². The molecule has 11 nitrogen and oxygen atoms in total. The van der Waals surface area contributed by atoms with Crippen molar-refractivity contribution in [3.05, 3.63) is 70.0 Å². The third-order valence-corrected chi connectivity index (χ3v) is 8.05. The molecule has 1 fully saturated rings. The minimum Gasteiger partial charge on any atom is -0.508 e. The van der Waals surface area contributed by atoms with Gasteiger partial charge in [-0.3, -0.25) is 19.3 Å². The first-order valence-electron chi connectivity index (χ1n) is 12.1. The van der Waals surface area contributed by atoms with E-state index in [2.05, 4.69) is 0 Å². The first-order chi connectivity index (χ1) is 18.3. The van der Waals surface area contributed by atoms with E-state index in [1.807, 2.05) is 0 Å². The first-order valence-corrected chi connectivity index (χ1v) is 12.1. The van der Waals surface area contributed by atoms with E-state index in [4.69, 9.17) is 5.73 Å². The molecule has 2 aromatic rings. The highest BCUT2D eigenvalue weighted by Gasteiger charge is 2.64. The molecule has 1 amide bonds. The van der Waals surface area contributed by atoms with Crippen LogP contribution in [0.2, 0.25) is 0 Å². The number of nitrogens with two attached hydrogens (primary N) is 1. The first kappa shape index (κ1) is 26.1. The molecule has 202 valence electrons. The Labute approximate surface area is 222 Å². The standard InChI is InChI=1S/C28H26N2O9/c1-30(2)21-16-10-13-9-15-14(11-3-5-12(6-4-11)27(37)38)7-8-17(31)19(15)22(32)18(13)24(34)28(16,39)25(35)20(23(21)33)26(29)36/h3-8,13,16,21,31-32,35,39H,9-10H2,1-2H3,(H2,29,36)(H,37,38)/t13-,16-,21-,28-/m0/s1. The second kappa shape index (κ2) is 8.79. The van der Waals surface area contributed by atoms with E-state index in [9.17, 15) is 44.7 Å². The van der Waals surface area contributed by atoms with Gasteiger partial charge in [-0.25, -0.2) is 4.79 Å². The number of carboxylic acids is 1. The van der Waals surface area contributed by atoms with E-state index >= 15 is 0 Å². The summed E-state index contributed by atoms with van der Waals surface area (Å²) in [5, 5.41) is 53.8. The second-order valence-electron chi connectivity index (χ2n) is 10.3. The van der Waals surface area contributed by atoms with Gasteiger partial charge in [-0.05, 0) is 67.7 Å². The highest BCUT2D eigenvalue weighted by atomic mass is 16.4. The Balaban J connectivity index is 1.71. The fourth-order valence-corrected chi connectivity index (χ4v) is 6.31. The van der Waals surface area contributed by atoms with Crippen molar-refractivity contribution in [1.82, 2.24) is 4.90 Å². The molecule has 0 spiro atoms. The number of fused-ring (bicyclic) bond motifs is 3. The van der Waals surface area contributed by atoms with Gasteiger partial charge >= 0.3 is 5.97 Å². The van der Waals surface area contributed by atoms with Crippen LogP contribution in [-0.4, -0.2) is 79.6 Å². The third-order valence-electron chi connectivity index (χ3n) is 8.05. The number of aliphatic hydroxyl groups is 3. The Morgan fingerprint density at radius 3 is 2.23 bits per heavy atom. The summed E-state index contributed by atoms with van der Waals surface area (Å²) in [4.78, 5) is 51.8. The highest BCUT2D eigenvalue weighted by Crippen LogP contribution is 2.53. The van der Waals surface area contributed by atoms with Crippen LogP contribution in [0.15, 0.2) is 53.3 Å². The Morgan fingerprint density at radius 1 is 1.03 bits per heavy atom. The van der Waals surface area contributed by atoms with Gasteiger partial charge in [-0.1, -0.05) is 18.2 Å². The van der Waals surface area contributed by atoms with Crippen molar-refractivity contribution in [2.45, 2.75) is 24.5 Å². The number of hydrogen-bond donors (Lipinski definition) is 6. The molecule has 0 unspecified atom stereocenters. The minimum atomic E-state index is -2.70. The number of ketones is 2. The SMILES string of the molecule is CN(C)[C@@H]1C(=O)C(C(N)=O)=C(O)[C@@]2(O)C(=O)C3=C(O)c4c(O)ccc(-c5ccc(C(=O)O)cc5)c4C[C@H]3C[C@@H]12. The van der Waals surface area contributed by atoms with Crippen LogP contribution in [-0.2, 0) is 20.8 Å². The maximum absolute atomic E-state index is 13.9. The Morgan fingerprint density at radius 2 is 1.67 bits per heavy atom. The lowest BCUT2D eigenvalue weighted by atomic mass is 9.57. The van der Waals surface area contributed by atoms with Crippen LogP contribution in [0.5, 0.6) is 5.75 Å². The molecule has 5 rings (SSSR count). The van der Waals surface area contributed by atoms with E-state index in [0.717, 1.165) is 0 Å².